The number of hydrogen-bond donors (Lipinski definition) is 0. The Bertz CT molecular complexity index is 511. The largest absolute Gasteiger partial charge is 0.457 e. The maximum absolute atomic E-state index is 5.77. The Morgan fingerprint density at radius 3 is 2.25 bits per heavy atom. The van der Waals surface area contributed by atoms with Crippen molar-refractivity contribution in [2.24, 2.45) is 0 Å². The fourth-order valence-electron chi connectivity index (χ4n) is 2.00. The molecule has 0 aromatic heterocycles. The topological polar surface area (TPSA) is 9.23 Å². The Morgan fingerprint density at radius 2 is 1.55 bits per heavy atom. The van der Waals surface area contributed by atoms with Gasteiger partial charge < -0.3 is 4.74 Å². The summed E-state index contributed by atoms with van der Waals surface area (Å²) < 4.78 is 5.77. The molecule has 0 aliphatic rings. The molecule has 20 heavy (non-hydrogen) atoms. The van der Waals surface area contributed by atoms with Crippen molar-refractivity contribution in [1.82, 2.24) is 0 Å². The summed E-state index contributed by atoms with van der Waals surface area (Å²) in [7, 11) is 0. The van der Waals surface area contributed by atoms with Gasteiger partial charge in [0.05, 0.1) is 0 Å². The average Bonchev–Trinajstić information content (AvgIpc) is 2.50. The molecular weight excluding hydrogens is 244 g/mol. The van der Waals surface area contributed by atoms with Gasteiger partial charge in [-0.1, -0.05) is 62.2 Å². The van der Waals surface area contributed by atoms with Crippen molar-refractivity contribution in [2.75, 3.05) is 0 Å². The number of para-hydroxylation sites is 1. The minimum absolute atomic E-state index is 0.871. The van der Waals surface area contributed by atoms with Crippen LogP contribution in [0.4, 0.5) is 0 Å². The monoisotopic (exact) mass is 266 g/mol. The molecule has 2 aromatic carbocycles. The van der Waals surface area contributed by atoms with E-state index in [1.54, 1.807) is 0 Å². The van der Waals surface area contributed by atoms with Gasteiger partial charge in [0.15, 0.2) is 0 Å². The highest BCUT2D eigenvalue weighted by Gasteiger charge is 1.95. The lowest BCUT2D eigenvalue weighted by Crippen LogP contribution is -1.83. The third-order valence-electron chi connectivity index (χ3n) is 3.14. The summed E-state index contributed by atoms with van der Waals surface area (Å²) in [6, 6.07) is 18.1. The summed E-state index contributed by atoms with van der Waals surface area (Å²) in [5.41, 5.74) is 1.22. The van der Waals surface area contributed by atoms with E-state index in [1.807, 2.05) is 42.5 Å². The van der Waals surface area contributed by atoms with Crippen molar-refractivity contribution in [3.8, 4) is 11.5 Å². The molecule has 0 heterocycles. The van der Waals surface area contributed by atoms with Crippen LogP contribution >= 0.6 is 0 Å². The van der Waals surface area contributed by atoms with E-state index in [1.165, 1.54) is 24.8 Å². The van der Waals surface area contributed by atoms with Crippen LogP contribution in [0, 0.1) is 0 Å². The van der Waals surface area contributed by atoms with E-state index >= 15 is 0 Å². The van der Waals surface area contributed by atoms with Crippen LogP contribution in [0.1, 0.15) is 38.2 Å². The van der Waals surface area contributed by atoms with Crippen LogP contribution < -0.4 is 4.74 Å². The fraction of sp³-hybridized carbons (Fsp3) is 0.263. The van der Waals surface area contributed by atoms with Gasteiger partial charge in [0, 0.05) is 0 Å². The van der Waals surface area contributed by atoms with Gasteiger partial charge in [0.25, 0.3) is 0 Å². The van der Waals surface area contributed by atoms with Crippen LogP contribution in [0.2, 0.25) is 0 Å². The van der Waals surface area contributed by atoms with Gasteiger partial charge in [-0.25, -0.2) is 0 Å². The number of unbranched alkanes of at least 4 members (excludes halogenated alkanes) is 3. The summed E-state index contributed by atoms with van der Waals surface area (Å²) in [5.74, 6) is 1.75. The third-order valence-corrected chi connectivity index (χ3v) is 3.14. The summed E-state index contributed by atoms with van der Waals surface area (Å²) in [4.78, 5) is 0. The van der Waals surface area contributed by atoms with Crippen LogP contribution in [0.3, 0.4) is 0 Å². The van der Waals surface area contributed by atoms with Gasteiger partial charge in [-0.3, -0.25) is 0 Å². The van der Waals surface area contributed by atoms with E-state index < -0.39 is 0 Å². The van der Waals surface area contributed by atoms with E-state index in [2.05, 4.69) is 31.2 Å². The highest BCUT2D eigenvalue weighted by atomic mass is 16.5. The second-order valence-electron chi connectivity index (χ2n) is 4.88. The predicted molar refractivity (Wildman–Crippen MR) is 86.1 cm³/mol. The van der Waals surface area contributed by atoms with Crippen molar-refractivity contribution < 1.29 is 4.74 Å². The van der Waals surface area contributed by atoms with E-state index in [-0.39, 0.29) is 0 Å². The Hall–Kier alpha value is -2.02. The minimum atomic E-state index is 0.871. The number of allylic oxidation sites excluding steroid dienone is 1. The summed E-state index contributed by atoms with van der Waals surface area (Å²) in [5, 5.41) is 0. The number of benzene rings is 2. The average molecular weight is 266 g/mol. The molecule has 0 spiro atoms. The van der Waals surface area contributed by atoms with Crippen LogP contribution in [0.15, 0.2) is 60.7 Å². The summed E-state index contributed by atoms with van der Waals surface area (Å²) in [6.45, 7) is 2.23. The molecule has 0 unspecified atom stereocenters. The van der Waals surface area contributed by atoms with Gasteiger partial charge in [-0.2, -0.15) is 0 Å². The first-order valence-corrected chi connectivity index (χ1v) is 7.38. The standard InChI is InChI=1S/C19H22O/c1-2-3-4-5-7-10-17-13-15-19(16-14-17)20-18-11-8-6-9-12-18/h6-16H,2-5H2,1H3/b10-7+. The van der Waals surface area contributed by atoms with Gasteiger partial charge in [0.1, 0.15) is 11.5 Å². The molecule has 0 atom stereocenters. The Morgan fingerprint density at radius 1 is 0.850 bits per heavy atom. The lowest BCUT2D eigenvalue weighted by Gasteiger charge is -2.05. The van der Waals surface area contributed by atoms with Crippen molar-refractivity contribution in [2.45, 2.75) is 32.6 Å². The molecule has 0 saturated carbocycles. The van der Waals surface area contributed by atoms with E-state index in [9.17, 15) is 0 Å². The van der Waals surface area contributed by atoms with Crippen molar-refractivity contribution in [1.29, 1.82) is 0 Å². The molecule has 104 valence electrons. The van der Waals surface area contributed by atoms with Crippen LogP contribution in [0.5, 0.6) is 11.5 Å². The number of ether oxygens (including phenoxy) is 1. The summed E-state index contributed by atoms with van der Waals surface area (Å²) >= 11 is 0. The molecule has 0 bridgehead atoms. The first-order valence-electron chi connectivity index (χ1n) is 7.38. The molecule has 2 rings (SSSR count). The van der Waals surface area contributed by atoms with Crippen molar-refractivity contribution in [3.63, 3.8) is 0 Å². The SMILES string of the molecule is CCCCC/C=C/c1ccc(Oc2ccccc2)cc1. The number of hydrogen-bond acceptors (Lipinski definition) is 1. The molecule has 0 N–H and O–H groups in total. The van der Waals surface area contributed by atoms with Crippen LogP contribution in [-0.2, 0) is 0 Å². The van der Waals surface area contributed by atoms with Crippen molar-refractivity contribution in [3.05, 3.63) is 66.2 Å². The second-order valence-corrected chi connectivity index (χ2v) is 4.88. The first-order chi connectivity index (χ1) is 9.88. The minimum Gasteiger partial charge on any atom is -0.457 e. The highest BCUT2D eigenvalue weighted by Crippen LogP contribution is 2.21. The van der Waals surface area contributed by atoms with E-state index in [4.69, 9.17) is 4.74 Å². The quantitative estimate of drug-likeness (QED) is 0.552. The lowest BCUT2D eigenvalue weighted by atomic mass is 10.1. The molecule has 0 aliphatic carbocycles. The van der Waals surface area contributed by atoms with E-state index in [0.29, 0.717) is 0 Å². The van der Waals surface area contributed by atoms with Gasteiger partial charge >= 0.3 is 0 Å². The molecule has 0 amide bonds. The molecule has 0 saturated heterocycles. The smallest absolute Gasteiger partial charge is 0.127 e. The highest BCUT2D eigenvalue weighted by molar-refractivity contribution is 5.50. The number of rotatable bonds is 7. The fourth-order valence-corrected chi connectivity index (χ4v) is 2.00. The van der Waals surface area contributed by atoms with Gasteiger partial charge in [-0.05, 0) is 42.7 Å². The van der Waals surface area contributed by atoms with Crippen molar-refractivity contribution >= 4 is 6.08 Å². The first kappa shape index (κ1) is 14.4. The van der Waals surface area contributed by atoms with Crippen LogP contribution in [0.25, 0.3) is 6.08 Å². The Balaban J connectivity index is 1.86. The van der Waals surface area contributed by atoms with E-state index in [0.717, 1.165) is 17.9 Å². The maximum atomic E-state index is 5.77. The zero-order valence-corrected chi connectivity index (χ0v) is 12.1. The Kier molecular flexibility index (Phi) is 5.91. The van der Waals surface area contributed by atoms with Crippen LogP contribution in [-0.4, -0.2) is 0 Å². The predicted octanol–water partition coefficient (Wildman–Crippen LogP) is 6.07. The lowest BCUT2D eigenvalue weighted by molar-refractivity contribution is 0.482. The normalized spacial score (nSPS) is 10.8. The molecule has 1 nitrogen and oxygen atoms in total. The molecule has 1 heteroatoms. The summed E-state index contributed by atoms with van der Waals surface area (Å²) in [6.07, 6.45) is 9.47. The molecule has 0 aliphatic heterocycles. The Labute approximate surface area is 121 Å². The van der Waals surface area contributed by atoms with Gasteiger partial charge in [-0.15, -0.1) is 0 Å². The zero-order valence-electron chi connectivity index (χ0n) is 12.1. The molecular formula is C19H22O. The third kappa shape index (κ3) is 4.93. The zero-order chi connectivity index (χ0) is 14.0. The molecule has 2 aromatic rings. The molecule has 0 radical (unpaired) electrons. The second kappa shape index (κ2) is 8.21. The van der Waals surface area contributed by atoms with Gasteiger partial charge in [0.2, 0.25) is 0 Å². The maximum Gasteiger partial charge on any atom is 0.127 e. The molecule has 0 fully saturated rings.